The summed E-state index contributed by atoms with van der Waals surface area (Å²) in [5, 5.41) is 17.7. The van der Waals surface area contributed by atoms with Crippen molar-refractivity contribution >= 4 is 33.2 Å². The number of likely N-dealkylation sites (tertiary alicyclic amines) is 1. The van der Waals surface area contributed by atoms with E-state index in [1.54, 1.807) is 52.6 Å². The number of aromatic nitrogens is 1. The van der Waals surface area contributed by atoms with Crippen LogP contribution in [0.4, 0.5) is 0 Å². The fourth-order valence-electron chi connectivity index (χ4n) is 6.00. The molecular weight excluding hydrogens is 661 g/mol. The Bertz CT molecular complexity index is 1830. The molecule has 4 aromatic rings. The molecule has 3 atom stereocenters. The molecule has 0 bridgehead atoms. The number of rotatable bonds is 14. The van der Waals surface area contributed by atoms with Crippen LogP contribution in [0.1, 0.15) is 63.2 Å². The average molecular weight is 705 g/mol. The van der Waals surface area contributed by atoms with Crippen molar-refractivity contribution in [1.82, 2.24) is 19.5 Å². The highest BCUT2D eigenvalue weighted by atomic mass is 32.2. The monoisotopic (exact) mass is 704 g/mol. The number of hydrogen-bond donors (Lipinski definition) is 2. The van der Waals surface area contributed by atoms with E-state index in [4.69, 9.17) is 4.74 Å². The summed E-state index contributed by atoms with van der Waals surface area (Å²) in [6.07, 6.45) is -0.160. The molecule has 3 aromatic carbocycles. The normalized spacial score (nSPS) is 16.1. The quantitative estimate of drug-likeness (QED) is 0.186. The van der Waals surface area contributed by atoms with E-state index in [1.807, 2.05) is 56.5 Å². The number of amides is 2. The molecule has 2 heterocycles. The second-order valence-corrected chi connectivity index (χ2v) is 15.7. The first-order valence-electron chi connectivity index (χ1n) is 16.4. The predicted octanol–water partition coefficient (Wildman–Crippen LogP) is 5.14. The number of aliphatic hydroxyl groups excluding tert-OH is 1. The number of carbonyl (C=O) groups is 2. The SMILES string of the molecule is COc1ccc(S(=O)(=O)N(CC(C)C)C[C@@H](O)[C@H](Cc2ccccc2)NC(=O)c2cccc(C(=O)N3CC[C@H](c4nc(C)cs4)C3)c2)cc1. The number of hydrogen-bond acceptors (Lipinski definition) is 8. The first kappa shape index (κ1) is 36.2. The van der Waals surface area contributed by atoms with Crippen molar-refractivity contribution in [2.24, 2.45) is 5.92 Å². The third-order valence-electron chi connectivity index (χ3n) is 8.57. The molecule has 2 N–H and O–H groups in total. The van der Waals surface area contributed by atoms with Crippen LogP contribution < -0.4 is 10.1 Å². The largest absolute Gasteiger partial charge is 0.497 e. The van der Waals surface area contributed by atoms with E-state index < -0.39 is 28.1 Å². The number of carbonyl (C=O) groups excluding carboxylic acids is 2. The maximum atomic E-state index is 13.8. The zero-order chi connectivity index (χ0) is 35.1. The summed E-state index contributed by atoms with van der Waals surface area (Å²) in [4.78, 5) is 33.7. The maximum Gasteiger partial charge on any atom is 0.253 e. The van der Waals surface area contributed by atoms with E-state index >= 15 is 0 Å². The van der Waals surface area contributed by atoms with Gasteiger partial charge in [0.2, 0.25) is 10.0 Å². The third kappa shape index (κ3) is 9.13. The van der Waals surface area contributed by atoms with Gasteiger partial charge >= 0.3 is 0 Å². The van der Waals surface area contributed by atoms with Gasteiger partial charge in [0.05, 0.1) is 29.2 Å². The van der Waals surface area contributed by atoms with Gasteiger partial charge in [0.25, 0.3) is 11.8 Å². The van der Waals surface area contributed by atoms with Crippen LogP contribution in [0, 0.1) is 12.8 Å². The minimum atomic E-state index is -3.99. The molecule has 0 radical (unpaired) electrons. The smallest absolute Gasteiger partial charge is 0.253 e. The Balaban J connectivity index is 1.34. The number of sulfonamides is 1. The minimum Gasteiger partial charge on any atom is -0.497 e. The molecule has 10 nitrogen and oxygen atoms in total. The summed E-state index contributed by atoms with van der Waals surface area (Å²) in [5.41, 5.74) is 2.51. The fraction of sp³-hybridized carbons (Fsp3) is 0.378. The Morgan fingerprint density at radius 3 is 2.41 bits per heavy atom. The third-order valence-corrected chi connectivity index (χ3v) is 11.5. The fourth-order valence-corrected chi connectivity index (χ4v) is 8.54. The van der Waals surface area contributed by atoms with Gasteiger partial charge in [0, 0.05) is 54.3 Å². The standard InChI is InChI=1S/C37H44N4O6S2/c1-25(2)21-41(49(45,46)32-15-13-31(47-4)14-16-32)23-34(42)33(19-27-9-6-5-7-10-27)39-35(43)28-11-8-12-29(20-28)37(44)40-18-17-30(22-40)36-38-26(3)24-48-36/h5-16,20,24-25,30,33-34,42H,17-19,21-23H2,1-4H3,(H,39,43)/t30-,33-,34+/m0/s1. The molecule has 0 unspecified atom stereocenters. The van der Waals surface area contributed by atoms with Gasteiger partial charge in [-0.2, -0.15) is 4.31 Å². The van der Waals surface area contributed by atoms with Gasteiger partial charge in [-0.25, -0.2) is 13.4 Å². The number of methoxy groups -OCH3 is 1. The van der Waals surface area contributed by atoms with Crippen molar-refractivity contribution in [3.05, 3.63) is 112 Å². The van der Waals surface area contributed by atoms with E-state index in [2.05, 4.69) is 10.3 Å². The van der Waals surface area contributed by atoms with Crippen molar-refractivity contribution in [2.45, 2.75) is 56.6 Å². The lowest BCUT2D eigenvalue weighted by molar-refractivity contribution is 0.0775. The minimum absolute atomic E-state index is 0.0285. The van der Waals surface area contributed by atoms with Crippen molar-refractivity contribution < 1.29 is 27.9 Å². The average Bonchev–Trinajstić information content (AvgIpc) is 3.77. The summed E-state index contributed by atoms with van der Waals surface area (Å²) < 4.78 is 34.0. The lowest BCUT2D eigenvalue weighted by Crippen LogP contribution is -2.51. The Morgan fingerprint density at radius 2 is 1.76 bits per heavy atom. The molecule has 1 saturated heterocycles. The van der Waals surface area contributed by atoms with Crippen molar-refractivity contribution in [3.63, 3.8) is 0 Å². The molecule has 1 fully saturated rings. The van der Waals surface area contributed by atoms with Crippen LogP contribution in [-0.2, 0) is 16.4 Å². The molecule has 1 aromatic heterocycles. The highest BCUT2D eigenvalue weighted by Crippen LogP contribution is 2.30. The molecular formula is C37H44N4O6S2. The number of ether oxygens (including phenoxy) is 1. The summed E-state index contributed by atoms with van der Waals surface area (Å²) in [6, 6.07) is 21.3. The number of nitrogens with zero attached hydrogens (tertiary/aromatic N) is 3. The van der Waals surface area contributed by atoms with Crippen LogP contribution in [0.5, 0.6) is 5.75 Å². The summed E-state index contributed by atoms with van der Waals surface area (Å²) >= 11 is 1.62. The van der Waals surface area contributed by atoms with Crippen molar-refractivity contribution in [3.8, 4) is 5.75 Å². The summed E-state index contributed by atoms with van der Waals surface area (Å²) in [6.45, 7) is 6.88. The molecule has 12 heteroatoms. The van der Waals surface area contributed by atoms with Gasteiger partial charge in [0.1, 0.15) is 5.75 Å². The maximum absolute atomic E-state index is 13.8. The number of benzene rings is 3. The molecule has 0 spiro atoms. The van der Waals surface area contributed by atoms with E-state index in [-0.39, 0.29) is 47.7 Å². The van der Waals surface area contributed by atoms with Gasteiger partial charge in [-0.15, -0.1) is 11.3 Å². The first-order valence-corrected chi connectivity index (χ1v) is 18.7. The Kier molecular flexibility index (Phi) is 11.9. The van der Waals surface area contributed by atoms with Gasteiger partial charge in [-0.3, -0.25) is 9.59 Å². The van der Waals surface area contributed by atoms with E-state index in [9.17, 15) is 23.1 Å². The van der Waals surface area contributed by atoms with Gasteiger partial charge in [-0.05, 0) is 73.7 Å². The lowest BCUT2D eigenvalue weighted by Gasteiger charge is -2.31. The second-order valence-electron chi connectivity index (χ2n) is 12.9. The molecule has 0 saturated carbocycles. The number of nitrogens with one attached hydrogen (secondary N) is 1. The highest BCUT2D eigenvalue weighted by Gasteiger charge is 2.33. The molecule has 5 rings (SSSR count). The van der Waals surface area contributed by atoms with Crippen LogP contribution in [0.2, 0.25) is 0 Å². The van der Waals surface area contributed by atoms with E-state index in [1.165, 1.54) is 23.5 Å². The van der Waals surface area contributed by atoms with Crippen LogP contribution in [0.25, 0.3) is 0 Å². The Labute approximate surface area is 292 Å². The topological polar surface area (TPSA) is 129 Å². The molecule has 49 heavy (non-hydrogen) atoms. The van der Waals surface area contributed by atoms with E-state index in [0.717, 1.165) is 22.7 Å². The summed E-state index contributed by atoms with van der Waals surface area (Å²) in [7, 11) is -2.48. The molecule has 1 aliphatic rings. The zero-order valence-corrected chi connectivity index (χ0v) is 29.9. The number of thiazole rings is 1. The molecule has 1 aliphatic heterocycles. The lowest BCUT2D eigenvalue weighted by atomic mass is 10.00. The summed E-state index contributed by atoms with van der Waals surface area (Å²) in [5.74, 6) is 0.0681. The first-order chi connectivity index (χ1) is 23.4. The van der Waals surface area contributed by atoms with Crippen molar-refractivity contribution in [1.29, 1.82) is 0 Å². The van der Waals surface area contributed by atoms with Crippen LogP contribution in [0.15, 0.2) is 89.1 Å². The number of aryl methyl sites for hydroxylation is 1. The Morgan fingerprint density at radius 1 is 1.04 bits per heavy atom. The highest BCUT2D eigenvalue weighted by molar-refractivity contribution is 7.89. The van der Waals surface area contributed by atoms with Crippen molar-refractivity contribution in [2.75, 3.05) is 33.3 Å². The molecule has 260 valence electrons. The van der Waals surface area contributed by atoms with Gasteiger partial charge in [0.15, 0.2) is 0 Å². The molecule has 2 amide bonds. The predicted molar refractivity (Wildman–Crippen MR) is 191 cm³/mol. The second kappa shape index (κ2) is 16.1. The van der Waals surface area contributed by atoms with Gasteiger partial charge in [-0.1, -0.05) is 50.2 Å². The van der Waals surface area contributed by atoms with Crippen LogP contribution in [-0.4, -0.2) is 85.0 Å². The van der Waals surface area contributed by atoms with E-state index in [0.29, 0.717) is 24.4 Å². The number of aliphatic hydroxyl groups is 1. The van der Waals surface area contributed by atoms with Crippen LogP contribution in [0.3, 0.4) is 0 Å². The molecule has 0 aliphatic carbocycles. The van der Waals surface area contributed by atoms with Crippen LogP contribution >= 0.6 is 11.3 Å². The van der Waals surface area contributed by atoms with Gasteiger partial charge < -0.3 is 20.1 Å². The Hall–Kier alpha value is -4.10. The zero-order valence-electron chi connectivity index (χ0n) is 28.3.